The first-order valence-electron chi connectivity index (χ1n) is 6.42. The van der Waals surface area contributed by atoms with E-state index in [1.807, 2.05) is 0 Å². The molecule has 0 amide bonds. The molecule has 2 N–H and O–H groups in total. The minimum Gasteiger partial charge on any atom is -0.478 e. The summed E-state index contributed by atoms with van der Waals surface area (Å²) in [6.45, 7) is 5.93. The molecule has 1 saturated heterocycles. The van der Waals surface area contributed by atoms with Crippen LogP contribution in [0.25, 0.3) is 0 Å². The lowest BCUT2D eigenvalue weighted by Gasteiger charge is -2.20. The Hall–Kier alpha value is -1.33. The SMILES string of the molecule is CC(CN1CCCC1)NCc1occc1C(=O)O. The molecule has 5 nitrogen and oxygen atoms in total. The second kappa shape index (κ2) is 6.02. The van der Waals surface area contributed by atoms with Gasteiger partial charge in [0, 0.05) is 12.6 Å². The van der Waals surface area contributed by atoms with E-state index in [-0.39, 0.29) is 5.56 Å². The number of hydrogen-bond acceptors (Lipinski definition) is 4. The second-order valence-corrected chi connectivity index (χ2v) is 4.85. The number of likely N-dealkylation sites (tertiary alicyclic amines) is 1. The Kier molecular flexibility index (Phi) is 4.38. The molecule has 1 aliphatic rings. The van der Waals surface area contributed by atoms with Crippen LogP contribution < -0.4 is 5.32 Å². The monoisotopic (exact) mass is 252 g/mol. The van der Waals surface area contributed by atoms with Crippen molar-refractivity contribution in [1.29, 1.82) is 0 Å². The molecule has 0 aliphatic carbocycles. The quantitative estimate of drug-likeness (QED) is 0.804. The zero-order valence-electron chi connectivity index (χ0n) is 10.7. The zero-order chi connectivity index (χ0) is 13.0. The van der Waals surface area contributed by atoms with E-state index in [2.05, 4.69) is 17.1 Å². The highest BCUT2D eigenvalue weighted by molar-refractivity contribution is 5.88. The summed E-state index contributed by atoms with van der Waals surface area (Å²) in [5.74, 6) is -0.441. The van der Waals surface area contributed by atoms with Crippen molar-refractivity contribution in [1.82, 2.24) is 10.2 Å². The largest absolute Gasteiger partial charge is 0.478 e. The first-order valence-corrected chi connectivity index (χ1v) is 6.42. The van der Waals surface area contributed by atoms with E-state index in [0.717, 1.165) is 6.54 Å². The highest BCUT2D eigenvalue weighted by Crippen LogP contribution is 2.11. The second-order valence-electron chi connectivity index (χ2n) is 4.85. The van der Waals surface area contributed by atoms with Crippen molar-refractivity contribution in [3.05, 3.63) is 23.7 Å². The molecule has 0 spiro atoms. The predicted octanol–water partition coefficient (Wildman–Crippen LogP) is 1.55. The van der Waals surface area contributed by atoms with Gasteiger partial charge in [0.15, 0.2) is 0 Å². The van der Waals surface area contributed by atoms with Crippen molar-refractivity contribution in [2.45, 2.75) is 32.4 Å². The van der Waals surface area contributed by atoms with Crippen LogP contribution in [-0.4, -0.2) is 41.7 Å². The van der Waals surface area contributed by atoms with Crippen LogP contribution in [0.2, 0.25) is 0 Å². The van der Waals surface area contributed by atoms with Crippen molar-refractivity contribution in [2.75, 3.05) is 19.6 Å². The van der Waals surface area contributed by atoms with E-state index in [1.54, 1.807) is 0 Å². The van der Waals surface area contributed by atoms with E-state index >= 15 is 0 Å². The van der Waals surface area contributed by atoms with E-state index in [4.69, 9.17) is 9.52 Å². The molecule has 1 aliphatic heterocycles. The van der Waals surface area contributed by atoms with Crippen LogP contribution in [0.5, 0.6) is 0 Å². The highest BCUT2D eigenvalue weighted by Gasteiger charge is 2.16. The molecule has 2 heterocycles. The molecule has 1 aromatic heterocycles. The van der Waals surface area contributed by atoms with Crippen molar-refractivity contribution in [3.8, 4) is 0 Å². The smallest absolute Gasteiger partial charge is 0.339 e. The molecule has 18 heavy (non-hydrogen) atoms. The molecule has 0 saturated carbocycles. The maximum Gasteiger partial charge on any atom is 0.339 e. The first kappa shape index (κ1) is 13.1. The molecule has 0 aromatic carbocycles. The van der Waals surface area contributed by atoms with Gasteiger partial charge in [-0.25, -0.2) is 4.79 Å². The van der Waals surface area contributed by atoms with Crippen LogP contribution in [0.15, 0.2) is 16.7 Å². The lowest BCUT2D eigenvalue weighted by Crippen LogP contribution is -2.37. The van der Waals surface area contributed by atoms with Gasteiger partial charge in [-0.05, 0) is 38.9 Å². The van der Waals surface area contributed by atoms with E-state index in [0.29, 0.717) is 18.3 Å². The molecule has 1 aromatic rings. The van der Waals surface area contributed by atoms with Crippen molar-refractivity contribution >= 4 is 5.97 Å². The number of nitrogens with zero attached hydrogens (tertiary/aromatic N) is 1. The maximum absolute atomic E-state index is 10.9. The lowest BCUT2D eigenvalue weighted by atomic mass is 10.2. The zero-order valence-corrected chi connectivity index (χ0v) is 10.7. The molecule has 1 unspecified atom stereocenters. The fourth-order valence-corrected chi connectivity index (χ4v) is 2.35. The summed E-state index contributed by atoms with van der Waals surface area (Å²) in [7, 11) is 0. The Morgan fingerprint density at radius 2 is 2.28 bits per heavy atom. The number of carboxylic acids is 1. The fourth-order valence-electron chi connectivity index (χ4n) is 2.35. The Labute approximate surface area is 107 Å². The molecule has 1 atom stereocenters. The Morgan fingerprint density at radius 1 is 1.56 bits per heavy atom. The lowest BCUT2D eigenvalue weighted by molar-refractivity contribution is 0.0694. The van der Waals surface area contributed by atoms with Gasteiger partial charge in [0.2, 0.25) is 0 Å². The van der Waals surface area contributed by atoms with Gasteiger partial charge in [0.25, 0.3) is 0 Å². The maximum atomic E-state index is 10.9. The van der Waals surface area contributed by atoms with Gasteiger partial charge in [-0.3, -0.25) is 0 Å². The van der Waals surface area contributed by atoms with Crippen LogP contribution in [-0.2, 0) is 6.54 Å². The number of furan rings is 1. The Morgan fingerprint density at radius 3 is 2.94 bits per heavy atom. The minimum absolute atomic E-state index is 0.246. The summed E-state index contributed by atoms with van der Waals surface area (Å²) in [6, 6.07) is 1.82. The Bertz CT molecular complexity index is 397. The van der Waals surface area contributed by atoms with Crippen LogP contribution in [0, 0.1) is 0 Å². The average molecular weight is 252 g/mol. The molecule has 100 valence electrons. The van der Waals surface area contributed by atoms with Gasteiger partial charge in [0.05, 0.1) is 12.8 Å². The van der Waals surface area contributed by atoms with Gasteiger partial charge >= 0.3 is 5.97 Å². The average Bonchev–Trinajstić information content (AvgIpc) is 2.96. The summed E-state index contributed by atoms with van der Waals surface area (Å²) in [5.41, 5.74) is 0.246. The summed E-state index contributed by atoms with van der Waals surface area (Å²) < 4.78 is 5.19. The standard InChI is InChI=1S/C13H20N2O3/c1-10(9-15-5-2-3-6-15)14-8-12-11(13(16)17)4-7-18-12/h4,7,10,14H,2-3,5-6,8-9H2,1H3,(H,16,17). The summed E-state index contributed by atoms with van der Waals surface area (Å²) in [4.78, 5) is 13.3. The third kappa shape index (κ3) is 3.34. The molecule has 5 heteroatoms. The number of rotatable bonds is 6. The van der Waals surface area contributed by atoms with Crippen LogP contribution in [0.4, 0.5) is 0 Å². The number of carbonyl (C=O) groups is 1. The van der Waals surface area contributed by atoms with Crippen molar-refractivity contribution in [3.63, 3.8) is 0 Å². The summed E-state index contributed by atoms with van der Waals surface area (Å²) in [6.07, 6.45) is 3.99. The van der Waals surface area contributed by atoms with E-state index in [9.17, 15) is 4.79 Å². The number of aromatic carboxylic acids is 1. The number of hydrogen-bond donors (Lipinski definition) is 2. The van der Waals surface area contributed by atoms with Gasteiger partial charge in [-0.2, -0.15) is 0 Å². The predicted molar refractivity (Wildman–Crippen MR) is 67.6 cm³/mol. The minimum atomic E-state index is -0.937. The van der Waals surface area contributed by atoms with Crippen LogP contribution in [0.3, 0.4) is 0 Å². The van der Waals surface area contributed by atoms with Crippen molar-refractivity contribution < 1.29 is 14.3 Å². The summed E-state index contributed by atoms with van der Waals surface area (Å²) in [5, 5.41) is 12.3. The fraction of sp³-hybridized carbons (Fsp3) is 0.615. The highest BCUT2D eigenvalue weighted by atomic mass is 16.4. The van der Waals surface area contributed by atoms with Gasteiger partial charge in [0.1, 0.15) is 11.3 Å². The normalized spacial score (nSPS) is 18.1. The van der Waals surface area contributed by atoms with Crippen molar-refractivity contribution in [2.24, 2.45) is 0 Å². The van der Waals surface area contributed by atoms with E-state index < -0.39 is 5.97 Å². The molecule has 0 bridgehead atoms. The van der Waals surface area contributed by atoms with Gasteiger partial charge in [-0.1, -0.05) is 0 Å². The topological polar surface area (TPSA) is 65.7 Å². The Balaban J connectivity index is 1.79. The van der Waals surface area contributed by atoms with E-state index in [1.165, 1.54) is 38.3 Å². The molecular weight excluding hydrogens is 232 g/mol. The number of carboxylic acid groups (broad SMARTS) is 1. The molecule has 0 radical (unpaired) electrons. The number of nitrogens with one attached hydrogen (secondary N) is 1. The first-order chi connectivity index (χ1) is 8.66. The third-order valence-electron chi connectivity index (χ3n) is 3.32. The molecule has 2 rings (SSSR count). The van der Waals surface area contributed by atoms with Gasteiger partial charge in [-0.15, -0.1) is 0 Å². The van der Waals surface area contributed by atoms with Crippen LogP contribution >= 0.6 is 0 Å². The van der Waals surface area contributed by atoms with Gasteiger partial charge < -0.3 is 19.7 Å². The summed E-state index contributed by atoms with van der Waals surface area (Å²) >= 11 is 0. The molecule has 1 fully saturated rings. The van der Waals surface area contributed by atoms with Crippen LogP contribution in [0.1, 0.15) is 35.9 Å². The molecular formula is C13H20N2O3. The third-order valence-corrected chi connectivity index (χ3v) is 3.32.